The molecule has 0 N–H and O–H groups in total. The van der Waals surface area contributed by atoms with E-state index in [-0.39, 0.29) is 12.3 Å². The summed E-state index contributed by atoms with van der Waals surface area (Å²) in [5.41, 5.74) is 1.20. The zero-order valence-electron chi connectivity index (χ0n) is 11.7. The van der Waals surface area contributed by atoms with Crippen LogP contribution in [0.2, 0.25) is 0 Å². The summed E-state index contributed by atoms with van der Waals surface area (Å²) in [7, 11) is 1.64. The third kappa shape index (κ3) is 4.41. The number of hydrogen-bond donors (Lipinski definition) is 0. The Kier molecular flexibility index (Phi) is 5.03. The lowest BCUT2D eigenvalue weighted by Crippen LogP contribution is -2.30. The van der Waals surface area contributed by atoms with E-state index in [1.807, 2.05) is 30.3 Å². The third-order valence-electron chi connectivity index (χ3n) is 2.86. The van der Waals surface area contributed by atoms with Crippen molar-refractivity contribution in [1.29, 1.82) is 0 Å². The van der Waals surface area contributed by atoms with Gasteiger partial charge >= 0.3 is 6.09 Å². The summed E-state index contributed by atoms with van der Waals surface area (Å²) in [5.74, 6) is 0. The van der Waals surface area contributed by atoms with E-state index in [1.165, 1.54) is 15.8 Å². The fourth-order valence-corrected chi connectivity index (χ4v) is 1.65. The number of nitrogens with zero attached hydrogens (tertiary/aromatic N) is 4. The fourth-order valence-electron chi connectivity index (χ4n) is 1.65. The molecule has 0 fully saturated rings. The van der Waals surface area contributed by atoms with Crippen LogP contribution in [0, 0.1) is 0 Å². The molecule has 0 saturated heterocycles. The van der Waals surface area contributed by atoms with Crippen LogP contribution in [0.1, 0.15) is 16.1 Å². The van der Waals surface area contributed by atoms with E-state index in [9.17, 15) is 9.59 Å². The highest BCUT2D eigenvalue weighted by atomic mass is 16.6. The van der Waals surface area contributed by atoms with Crippen LogP contribution in [0.3, 0.4) is 0 Å². The number of amides is 1. The molecule has 1 heterocycles. The predicted octanol–water partition coefficient (Wildman–Crippen LogP) is 1.36. The van der Waals surface area contributed by atoms with Gasteiger partial charge in [-0.3, -0.25) is 9.48 Å². The highest BCUT2D eigenvalue weighted by molar-refractivity contribution is 5.70. The van der Waals surface area contributed by atoms with Gasteiger partial charge in [0, 0.05) is 13.6 Å². The summed E-state index contributed by atoms with van der Waals surface area (Å²) in [6.45, 7) is 1.09. The van der Waals surface area contributed by atoms with Crippen LogP contribution < -0.4 is 0 Å². The van der Waals surface area contributed by atoms with Crippen molar-refractivity contribution >= 4 is 12.4 Å². The van der Waals surface area contributed by atoms with Crippen molar-refractivity contribution in [3.05, 3.63) is 47.8 Å². The summed E-state index contributed by atoms with van der Waals surface area (Å²) < 4.78 is 6.69. The van der Waals surface area contributed by atoms with Gasteiger partial charge in [-0.05, 0) is 5.56 Å². The Morgan fingerprint density at radius 3 is 2.81 bits per heavy atom. The normalized spacial score (nSPS) is 10.1. The largest absolute Gasteiger partial charge is 0.445 e. The number of likely N-dealkylation sites (N-methyl/N-ethyl adjacent to an activating group) is 1. The van der Waals surface area contributed by atoms with E-state index < -0.39 is 6.09 Å². The van der Waals surface area contributed by atoms with E-state index in [1.54, 1.807) is 7.05 Å². The van der Waals surface area contributed by atoms with Gasteiger partial charge in [-0.2, -0.15) is 0 Å². The molecule has 0 aliphatic heterocycles. The van der Waals surface area contributed by atoms with Crippen molar-refractivity contribution in [3.63, 3.8) is 0 Å². The number of carbonyl (C=O) groups excluding carboxylic acids is 2. The Morgan fingerprint density at radius 2 is 2.14 bits per heavy atom. The summed E-state index contributed by atoms with van der Waals surface area (Å²) in [6, 6.07) is 9.47. The van der Waals surface area contributed by atoms with E-state index in [0.717, 1.165) is 5.56 Å². The molecule has 7 nitrogen and oxygen atoms in total. The predicted molar refractivity (Wildman–Crippen MR) is 74.7 cm³/mol. The topological polar surface area (TPSA) is 77.3 Å². The number of rotatable bonds is 6. The zero-order chi connectivity index (χ0) is 15.1. The Hall–Kier alpha value is -2.70. The molecule has 0 atom stereocenters. The van der Waals surface area contributed by atoms with Crippen molar-refractivity contribution in [2.75, 3.05) is 13.6 Å². The minimum absolute atomic E-state index is 0.239. The van der Waals surface area contributed by atoms with Gasteiger partial charge in [0.15, 0.2) is 6.29 Å². The van der Waals surface area contributed by atoms with E-state index >= 15 is 0 Å². The lowest BCUT2D eigenvalue weighted by molar-refractivity contribution is 0.103. The second kappa shape index (κ2) is 7.18. The molecule has 0 unspecified atom stereocenters. The standard InChI is InChI=1S/C14H16N4O3/c1-17(7-8-18-9-13(10-19)15-16-18)14(20)21-11-12-5-3-2-4-6-12/h2-6,9-10H,7-8,11H2,1H3. The summed E-state index contributed by atoms with van der Waals surface area (Å²) >= 11 is 0. The average Bonchev–Trinajstić information content (AvgIpc) is 2.99. The van der Waals surface area contributed by atoms with Crippen molar-refractivity contribution in [2.24, 2.45) is 0 Å². The molecular formula is C14H16N4O3. The molecule has 7 heteroatoms. The molecule has 0 aliphatic carbocycles. The molecule has 0 spiro atoms. The molecule has 1 aromatic heterocycles. The van der Waals surface area contributed by atoms with E-state index in [0.29, 0.717) is 19.4 Å². The molecule has 0 aliphatic rings. The molecule has 1 amide bonds. The molecule has 2 rings (SSSR count). The number of ether oxygens (including phenoxy) is 1. The minimum Gasteiger partial charge on any atom is -0.445 e. The SMILES string of the molecule is CN(CCn1cc(C=O)nn1)C(=O)OCc1ccccc1. The van der Waals surface area contributed by atoms with E-state index in [2.05, 4.69) is 10.3 Å². The van der Waals surface area contributed by atoms with Gasteiger partial charge < -0.3 is 9.64 Å². The number of aromatic nitrogens is 3. The van der Waals surface area contributed by atoms with Gasteiger partial charge in [-0.25, -0.2) is 4.79 Å². The van der Waals surface area contributed by atoms with Crippen molar-refractivity contribution in [2.45, 2.75) is 13.2 Å². The maximum Gasteiger partial charge on any atom is 0.409 e. The van der Waals surface area contributed by atoms with Crippen LogP contribution in [0.25, 0.3) is 0 Å². The minimum atomic E-state index is -0.408. The van der Waals surface area contributed by atoms with Crippen molar-refractivity contribution in [1.82, 2.24) is 19.9 Å². The van der Waals surface area contributed by atoms with Gasteiger partial charge in [-0.1, -0.05) is 35.5 Å². The first-order valence-electron chi connectivity index (χ1n) is 6.46. The van der Waals surface area contributed by atoms with Crippen LogP contribution in [0.5, 0.6) is 0 Å². The van der Waals surface area contributed by atoms with Gasteiger partial charge in [0.05, 0.1) is 12.7 Å². The van der Waals surface area contributed by atoms with Crippen LogP contribution in [0.15, 0.2) is 36.5 Å². The summed E-state index contributed by atoms with van der Waals surface area (Å²) in [5, 5.41) is 7.41. The van der Waals surface area contributed by atoms with Crippen LogP contribution >= 0.6 is 0 Å². The quantitative estimate of drug-likeness (QED) is 0.750. The second-order valence-electron chi connectivity index (χ2n) is 4.49. The molecule has 0 radical (unpaired) electrons. The Bertz CT molecular complexity index is 597. The molecule has 1 aromatic carbocycles. The van der Waals surface area contributed by atoms with Crippen LogP contribution in [-0.4, -0.2) is 45.9 Å². The monoisotopic (exact) mass is 288 g/mol. The summed E-state index contributed by atoms with van der Waals surface area (Å²) in [4.78, 5) is 23.7. The van der Waals surface area contributed by atoms with Gasteiger partial charge in [0.2, 0.25) is 0 Å². The van der Waals surface area contributed by atoms with Crippen molar-refractivity contribution < 1.29 is 14.3 Å². The lowest BCUT2D eigenvalue weighted by Gasteiger charge is -2.16. The van der Waals surface area contributed by atoms with Crippen molar-refractivity contribution in [3.8, 4) is 0 Å². The molecule has 21 heavy (non-hydrogen) atoms. The highest BCUT2D eigenvalue weighted by Gasteiger charge is 2.10. The maximum absolute atomic E-state index is 11.8. The number of hydrogen-bond acceptors (Lipinski definition) is 5. The van der Waals surface area contributed by atoms with Gasteiger partial charge in [0.1, 0.15) is 12.3 Å². The number of aldehydes is 1. The first kappa shape index (κ1) is 14.7. The van der Waals surface area contributed by atoms with Gasteiger partial charge in [-0.15, -0.1) is 5.10 Å². The number of carbonyl (C=O) groups is 2. The number of benzene rings is 1. The third-order valence-corrected chi connectivity index (χ3v) is 2.86. The van der Waals surface area contributed by atoms with E-state index in [4.69, 9.17) is 4.74 Å². The fraction of sp³-hybridized carbons (Fsp3) is 0.286. The van der Waals surface area contributed by atoms with Gasteiger partial charge in [0.25, 0.3) is 0 Å². The lowest BCUT2D eigenvalue weighted by atomic mass is 10.2. The molecule has 110 valence electrons. The second-order valence-corrected chi connectivity index (χ2v) is 4.49. The Morgan fingerprint density at radius 1 is 1.38 bits per heavy atom. The Balaban J connectivity index is 1.75. The molecule has 2 aromatic rings. The zero-order valence-corrected chi connectivity index (χ0v) is 11.7. The molecule has 0 saturated carbocycles. The molecule has 0 bridgehead atoms. The smallest absolute Gasteiger partial charge is 0.409 e. The average molecular weight is 288 g/mol. The van der Waals surface area contributed by atoms with Crippen LogP contribution in [0.4, 0.5) is 4.79 Å². The maximum atomic E-state index is 11.8. The first-order valence-corrected chi connectivity index (χ1v) is 6.46. The van der Waals surface area contributed by atoms with Crippen LogP contribution in [-0.2, 0) is 17.9 Å². The Labute approximate surface area is 122 Å². The summed E-state index contributed by atoms with van der Waals surface area (Å²) in [6.07, 6.45) is 1.74. The molecular weight excluding hydrogens is 272 g/mol. The first-order chi connectivity index (χ1) is 10.2. The highest BCUT2D eigenvalue weighted by Crippen LogP contribution is 2.02.